The van der Waals surface area contributed by atoms with E-state index in [2.05, 4.69) is 0 Å². The predicted molar refractivity (Wildman–Crippen MR) is 57.1 cm³/mol. The SMILES string of the molecule is O=C(O)C1C2C3CCC(C3)C2C2CC21C(=O)O. The molecule has 0 saturated heterocycles. The molecule has 7 unspecified atom stereocenters. The Bertz CT molecular complexity index is 431. The van der Waals surface area contributed by atoms with Gasteiger partial charge in [0, 0.05) is 0 Å². The molecule has 0 aromatic heterocycles. The fraction of sp³-hybridized carbons (Fsp3) is 0.846. The Morgan fingerprint density at radius 3 is 2.29 bits per heavy atom. The highest BCUT2D eigenvalue weighted by atomic mass is 16.4. The Morgan fingerprint density at radius 1 is 1.06 bits per heavy atom. The summed E-state index contributed by atoms with van der Waals surface area (Å²) in [6.45, 7) is 0. The van der Waals surface area contributed by atoms with Crippen molar-refractivity contribution in [2.45, 2.75) is 25.7 Å². The van der Waals surface area contributed by atoms with Gasteiger partial charge in [0.1, 0.15) is 0 Å². The zero-order valence-corrected chi connectivity index (χ0v) is 9.50. The zero-order chi connectivity index (χ0) is 11.9. The van der Waals surface area contributed by atoms with E-state index in [9.17, 15) is 19.8 Å². The molecule has 4 aliphatic carbocycles. The van der Waals surface area contributed by atoms with Crippen molar-refractivity contribution in [2.75, 3.05) is 0 Å². The third-order valence-corrected chi connectivity index (χ3v) is 6.17. The van der Waals surface area contributed by atoms with Crippen molar-refractivity contribution in [2.24, 2.45) is 40.9 Å². The van der Waals surface area contributed by atoms with Crippen LogP contribution >= 0.6 is 0 Å². The number of carboxylic acids is 2. The van der Waals surface area contributed by atoms with Crippen LogP contribution in [0.25, 0.3) is 0 Å². The highest BCUT2D eigenvalue weighted by molar-refractivity contribution is 5.88. The molecule has 4 heteroatoms. The average molecular weight is 236 g/mol. The van der Waals surface area contributed by atoms with Gasteiger partial charge in [0.05, 0.1) is 11.3 Å². The maximum absolute atomic E-state index is 11.5. The molecule has 0 aliphatic heterocycles. The van der Waals surface area contributed by atoms with Crippen LogP contribution < -0.4 is 0 Å². The summed E-state index contributed by atoms with van der Waals surface area (Å²) in [5.74, 6) is -0.465. The van der Waals surface area contributed by atoms with Crippen LogP contribution in [0.15, 0.2) is 0 Å². The second-order valence-electron chi connectivity index (χ2n) is 6.46. The van der Waals surface area contributed by atoms with Crippen molar-refractivity contribution in [3.05, 3.63) is 0 Å². The molecule has 0 heterocycles. The monoisotopic (exact) mass is 236 g/mol. The average Bonchev–Trinajstić information content (AvgIpc) is 2.63. The Hall–Kier alpha value is -1.06. The van der Waals surface area contributed by atoms with Gasteiger partial charge in [-0.05, 0) is 55.3 Å². The Labute approximate surface area is 99.0 Å². The van der Waals surface area contributed by atoms with Crippen molar-refractivity contribution in [1.29, 1.82) is 0 Å². The van der Waals surface area contributed by atoms with Crippen molar-refractivity contribution < 1.29 is 19.8 Å². The highest BCUT2D eigenvalue weighted by Crippen LogP contribution is 2.78. The minimum atomic E-state index is -0.886. The van der Waals surface area contributed by atoms with Gasteiger partial charge in [-0.3, -0.25) is 9.59 Å². The predicted octanol–water partition coefficient (Wildman–Crippen LogP) is 1.45. The largest absolute Gasteiger partial charge is 0.481 e. The van der Waals surface area contributed by atoms with E-state index in [1.54, 1.807) is 0 Å². The number of rotatable bonds is 2. The lowest BCUT2D eigenvalue weighted by Crippen LogP contribution is -2.36. The second kappa shape index (κ2) is 2.68. The van der Waals surface area contributed by atoms with E-state index in [-0.39, 0.29) is 11.8 Å². The number of fused-ring (bicyclic) bond motifs is 7. The summed E-state index contributed by atoms with van der Waals surface area (Å²) >= 11 is 0. The van der Waals surface area contributed by atoms with Crippen molar-refractivity contribution in [3.63, 3.8) is 0 Å². The van der Waals surface area contributed by atoms with E-state index in [0.29, 0.717) is 24.2 Å². The topological polar surface area (TPSA) is 74.6 Å². The summed E-state index contributed by atoms with van der Waals surface area (Å²) in [5, 5.41) is 18.9. The highest BCUT2D eigenvalue weighted by Gasteiger charge is 2.80. The van der Waals surface area contributed by atoms with Crippen LogP contribution in [0.4, 0.5) is 0 Å². The molecule has 4 rings (SSSR count). The molecule has 92 valence electrons. The number of aliphatic carboxylic acids is 2. The first-order valence-electron chi connectivity index (χ1n) is 6.53. The molecule has 2 N–H and O–H groups in total. The fourth-order valence-electron chi connectivity index (χ4n) is 5.72. The van der Waals surface area contributed by atoms with E-state index in [1.165, 1.54) is 6.42 Å². The van der Waals surface area contributed by atoms with Crippen LogP contribution in [-0.4, -0.2) is 22.2 Å². The quantitative estimate of drug-likeness (QED) is 0.761. The standard InChI is InChI=1S/C13H16O4/c14-11(15)10-9-6-2-1-5(3-6)8(9)7-4-13(7,10)12(16)17/h5-10H,1-4H2,(H,14,15)(H,16,17). The molecule has 4 saturated carbocycles. The minimum Gasteiger partial charge on any atom is -0.481 e. The number of carbonyl (C=O) groups is 2. The lowest BCUT2D eigenvalue weighted by molar-refractivity contribution is -0.157. The van der Waals surface area contributed by atoms with Crippen LogP contribution in [0.5, 0.6) is 0 Å². The normalized spacial score (nSPS) is 57.6. The van der Waals surface area contributed by atoms with E-state index in [4.69, 9.17) is 0 Å². The van der Waals surface area contributed by atoms with E-state index in [0.717, 1.165) is 12.8 Å². The lowest BCUT2D eigenvalue weighted by atomic mass is 9.73. The second-order valence-corrected chi connectivity index (χ2v) is 6.46. The number of hydrogen-bond acceptors (Lipinski definition) is 2. The molecule has 0 radical (unpaired) electrons. The molecule has 0 spiro atoms. The van der Waals surface area contributed by atoms with Crippen molar-refractivity contribution >= 4 is 11.9 Å². The minimum absolute atomic E-state index is 0.168. The molecular formula is C13H16O4. The summed E-state index contributed by atoms with van der Waals surface area (Å²) in [4.78, 5) is 23.0. The molecule has 17 heavy (non-hydrogen) atoms. The third-order valence-electron chi connectivity index (χ3n) is 6.17. The van der Waals surface area contributed by atoms with Gasteiger partial charge >= 0.3 is 11.9 Å². The van der Waals surface area contributed by atoms with Crippen LogP contribution in [0, 0.1) is 40.9 Å². The molecule has 2 bridgehead atoms. The summed E-state index contributed by atoms with van der Waals surface area (Å²) in [5.41, 5.74) is -0.886. The first-order valence-corrected chi connectivity index (χ1v) is 6.53. The number of carboxylic acid groups (broad SMARTS) is 2. The van der Waals surface area contributed by atoms with Gasteiger partial charge in [-0.2, -0.15) is 0 Å². The summed E-state index contributed by atoms with van der Waals surface area (Å²) in [6, 6.07) is 0. The zero-order valence-electron chi connectivity index (χ0n) is 9.50. The summed E-state index contributed by atoms with van der Waals surface area (Å²) in [7, 11) is 0. The Balaban J connectivity index is 1.80. The first-order chi connectivity index (χ1) is 8.07. The van der Waals surface area contributed by atoms with Gasteiger partial charge in [0.15, 0.2) is 0 Å². The molecule has 0 amide bonds. The summed E-state index contributed by atoms with van der Waals surface area (Å²) in [6.07, 6.45) is 4.09. The van der Waals surface area contributed by atoms with Crippen LogP contribution in [0.2, 0.25) is 0 Å². The van der Waals surface area contributed by atoms with E-state index >= 15 is 0 Å². The van der Waals surface area contributed by atoms with E-state index in [1.807, 2.05) is 0 Å². The van der Waals surface area contributed by atoms with Crippen molar-refractivity contribution in [1.82, 2.24) is 0 Å². The van der Waals surface area contributed by atoms with E-state index < -0.39 is 23.3 Å². The smallest absolute Gasteiger partial charge is 0.310 e. The van der Waals surface area contributed by atoms with Crippen LogP contribution in [-0.2, 0) is 9.59 Å². The Kier molecular flexibility index (Phi) is 1.56. The molecule has 0 aromatic carbocycles. The lowest BCUT2D eigenvalue weighted by Gasteiger charge is -2.31. The van der Waals surface area contributed by atoms with Gasteiger partial charge in [-0.15, -0.1) is 0 Å². The Morgan fingerprint density at radius 2 is 1.71 bits per heavy atom. The molecule has 4 aliphatic rings. The molecule has 7 atom stereocenters. The van der Waals surface area contributed by atoms with Gasteiger partial charge in [0.25, 0.3) is 0 Å². The van der Waals surface area contributed by atoms with Crippen LogP contribution in [0.1, 0.15) is 25.7 Å². The van der Waals surface area contributed by atoms with Crippen LogP contribution in [0.3, 0.4) is 0 Å². The van der Waals surface area contributed by atoms with Gasteiger partial charge in [-0.25, -0.2) is 0 Å². The summed E-state index contributed by atoms with van der Waals surface area (Å²) < 4.78 is 0. The third kappa shape index (κ3) is 0.893. The molecule has 4 fully saturated rings. The van der Waals surface area contributed by atoms with Crippen molar-refractivity contribution in [3.8, 4) is 0 Å². The van der Waals surface area contributed by atoms with Gasteiger partial charge in [0.2, 0.25) is 0 Å². The molecule has 4 nitrogen and oxygen atoms in total. The first kappa shape index (κ1) is 9.92. The number of hydrogen-bond donors (Lipinski definition) is 2. The fourth-order valence-corrected chi connectivity index (χ4v) is 5.72. The molecular weight excluding hydrogens is 220 g/mol. The van der Waals surface area contributed by atoms with Gasteiger partial charge < -0.3 is 10.2 Å². The maximum Gasteiger partial charge on any atom is 0.310 e. The van der Waals surface area contributed by atoms with Gasteiger partial charge in [-0.1, -0.05) is 0 Å². The maximum atomic E-state index is 11.5. The molecule has 0 aromatic rings.